The van der Waals surface area contributed by atoms with Crippen molar-refractivity contribution < 1.29 is 19.1 Å². The first-order valence-corrected chi connectivity index (χ1v) is 16.7. The van der Waals surface area contributed by atoms with E-state index in [2.05, 4.69) is 12.1 Å². The Morgan fingerprint density at radius 2 is 1.19 bits per heavy atom. The van der Waals surface area contributed by atoms with Crippen LogP contribution in [0.25, 0.3) is 32.8 Å². The lowest BCUT2D eigenvalue weighted by molar-refractivity contribution is 0.0521. The number of nitriles is 2. The van der Waals surface area contributed by atoms with Crippen molar-refractivity contribution in [3.05, 3.63) is 68.7 Å². The summed E-state index contributed by atoms with van der Waals surface area (Å²) in [6, 6.07) is 12.3. The number of thiophene rings is 2. The summed E-state index contributed by atoms with van der Waals surface area (Å²) in [6.07, 6.45) is 3.81. The molecule has 0 amide bonds. The van der Waals surface area contributed by atoms with Crippen LogP contribution in [0.15, 0.2) is 45.1 Å². The Morgan fingerprint density at radius 1 is 0.786 bits per heavy atom. The molecule has 0 aromatic carbocycles. The van der Waals surface area contributed by atoms with Crippen LogP contribution in [-0.4, -0.2) is 34.0 Å². The number of carbonyl (C=O) groups excluding carboxylic acids is 2. The fraction of sp³-hybridized carbons (Fsp3) is 0.200. The van der Waals surface area contributed by atoms with E-state index in [1.54, 1.807) is 13.8 Å². The fourth-order valence-corrected chi connectivity index (χ4v) is 10.4. The molecule has 0 unspecified atom stereocenters. The van der Waals surface area contributed by atoms with E-state index in [0.29, 0.717) is 42.7 Å². The van der Waals surface area contributed by atoms with E-state index in [4.69, 9.17) is 9.47 Å². The second-order valence-electron chi connectivity index (χ2n) is 9.38. The van der Waals surface area contributed by atoms with Gasteiger partial charge >= 0.3 is 11.9 Å². The van der Waals surface area contributed by atoms with Crippen molar-refractivity contribution in [1.82, 2.24) is 8.80 Å². The molecule has 0 aliphatic heterocycles. The van der Waals surface area contributed by atoms with Crippen LogP contribution in [0.5, 0.6) is 0 Å². The van der Waals surface area contributed by atoms with Gasteiger partial charge in [-0.2, -0.15) is 10.5 Å². The van der Waals surface area contributed by atoms with Crippen LogP contribution >= 0.6 is 44.3 Å². The van der Waals surface area contributed by atoms with E-state index >= 15 is 0 Å². The Bertz CT molecular complexity index is 2020. The number of nitrogens with zero attached hydrogens (tertiary/aromatic N) is 4. The zero-order chi connectivity index (χ0) is 29.7. The molecule has 8 nitrogen and oxygen atoms in total. The van der Waals surface area contributed by atoms with Crippen LogP contribution in [0, 0.1) is 36.5 Å². The zero-order valence-corrected chi connectivity index (χ0v) is 26.2. The van der Waals surface area contributed by atoms with Gasteiger partial charge in [-0.25, -0.2) is 9.59 Å². The van der Waals surface area contributed by atoms with Gasteiger partial charge in [0, 0.05) is 23.2 Å². The van der Waals surface area contributed by atoms with E-state index in [0.717, 1.165) is 30.6 Å². The van der Waals surface area contributed by atoms with Crippen LogP contribution < -0.4 is 0 Å². The lowest BCUT2D eigenvalue weighted by Gasteiger charge is -2.04. The molecule has 0 bridgehead atoms. The number of pyridine rings is 2. The molecule has 6 aromatic rings. The maximum atomic E-state index is 13.1. The van der Waals surface area contributed by atoms with Crippen LogP contribution in [0.4, 0.5) is 0 Å². The predicted octanol–water partition coefficient (Wildman–Crippen LogP) is 8.13. The third-order valence-corrected chi connectivity index (χ3v) is 12.2. The highest BCUT2D eigenvalue weighted by Gasteiger charge is 2.29. The molecule has 12 heteroatoms. The maximum Gasteiger partial charge on any atom is 0.341 e. The largest absolute Gasteiger partial charge is 0.462 e. The number of hydrogen-bond acceptors (Lipinski definition) is 10. The molecule has 42 heavy (non-hydrogen) atoms. The highest BCUT2D eigenvalue weighted by Crippen LogP contribution is 2.52. The van der Waals surface area contributed by atoms with Crippen molar-refractivity contribution in [2.45, 2.75) is 36.1 Å². The van der Waals surface area contributed by atoms with Gasteiger partial charge in [0.15, 0.2) is 0 Å². The van der Waals surface area contributed by atoms with Crippen molar-refractivity contribution in [1.29, 1.82) is 10.5 Å². The van der Waals surface area contributed by atoms with Crippen LogP contribution in [0.2, 0.25) is 0 Å². The summed E-state index contributed by atoms with van der Waals surface area (Å²) >= 11 is 2.64. The molecular weight excluding hydrogens is 609 g/mol. The van der Waals surface area contributed by atoms with E-state index < -0.39 is 11.9 Å². The topological polar surface area (TPSA) is 109 Å². The lowest BCUT2D eigenvalue weighted by Crippen LogP contribution is -2.05. The molecule has 210 valence electrons. The van der Waals surface area contributed by atoms with Crippen molar-refractivity contribution in [2.24, 2.45) is 0 Å². The van der Waals surface area contributed by atoms with Crippen LogP contribution in [0.3, 0.4) is 0 Å². The van der Waals surface area contributed by atoms with Gasteiger partial charge in [-0.05, 0) is 84.7 Å². The average molecular weight is 631 g/mol. The summed E-state index contributed by atoms with van der Waals surface area (Å²) in [5, 5.41) is 21.3. The highest BCUT2D eigenvalue weighted by atomic mass is 33.1. The highest BCUT2D eigenvalue weighted by molar-refractivity contribution is 8.77. The normalized spacial score (nSPS) is 11.4. The summed E-state index contributed by atoms with van der Waals surface area (Å²) in [4.78, 5) is 27.1. The third kappa shape index (κ3) is 4.34. The predicted molar refractivity (Wildman–Crippen MR) is 168 cm³/mol. The van der Waals surface area contributed by atoms with E-state index in [1.807, 2.05) is 59.3 Å². The van der Waals surface area contributed by atoms with E-state index in [9.17, 15) is 20.1 Å². The van der Waals surface area contributed by atoms with Gasteiger partial charge in [0.25, 0.3) is 0 Å². The first kappa shape index (κ1) is 28.2. The van der Waals surface area contributed by atoms with Gasteiger partial charge in [-0.15, -0.1) is 22.7 Å². The van der Waals surface area contributed by atoms with E-state index in [-0.39, 0.29) is 13.2 Å². The Hall–Kier alpha value is -3.94. The summed E-state index contributed by atoms with van der Waals surface area (Å²) in [5.41, 5.74) is 5.65. The van der Waals surface area contributed by atoms with Gasteiger partial charge in [0.05, 0.1) is 54.8 Å². The second kappa shape index (κ2) is 11.0. The summed E-state index contributed by atoms with van der Waals surface area (Å²) in [7, 11) is 2.92. The molecule has 0 aliphatic rings. The number of ether oxygens (including phenoxy) is 2. The first-order valence-electron chi connectivity index (χ1n) is 13.0. The summed E-state index contributed by atoms with van der Waals surface area (Å²) in [6.45, 7) is 7.87. The molecule has 0 atom stereocenters. The molecule has 6 rings (SSSR count). The minimum Gasteiger partial charge on any atom is -0.462 e. The molecule has 0 N–H and O–H groups in total. The molecule has 0 aliphatic carbocycles. The Balaban J connectivity index is 1.54. The van der Waals surface area contributed by atoms with Crippen molar-refractivity contribution in [3.63, 3.8) is 0 Å². The number of fused-ring (bicyclic) bond motifs is 6. The number of hydrogen-bond donors (Lipinski definition) is 0. The Morgan fingerprint density at radius 3 is 1.55 bits per heavy atom. The number of aromatic nitrogens is 2. The second-order valence-corrected chi connectivity index (χ2v) is 14.1. The van der Waals surface area contributed by atoms with Gasteiger partial charge in [0.1, 0.15) is 21.9 Å². The Labute approximate surface area is 256 Å². The molecule has 6 heterocycles. The molecule has 0 radical (unpaired) electrons. The number of rotatable bonds is 7. The minimum absolute atomic E-state index is 0.223. The standard InChI is InChI=1S/C30H22N4O4S4/c1-5-37-27(35)21-17-11-15(3)7-9-33(17)25-23(21)19(13-31)39-29(25)41-42-30-26-24(20(14-32)40-30)22(28(36)38-6-2)18-12-16(4)8-10-34(18)26/h7-12H,5-6H2,1-4H3. The smallest absolute Gasteiger partial charge is 0.341 e. The molecule has 6 aromatic heterocycles. The molecule has 0 saturated heterocycles. The number of esters is 2. The summed E-state index contributed by atoms with van der Waals surface area (Å²) in [5.74, 6) is -0.927. The van der Waals surface area contributed by atoms with Gasteiger partial charge < -0.3 is 18.3 Å². The number of aryl methyl sites for hydroxylation is 2. The van der Waals surface area contributed by atoms with E-state index in [1.165, 1.54) is 44.3 Å². The monoisotopic (exact) mass is 630 g/mol. The Kier molecular flexibility index (Phi) is 7.41. The van der Waals surface area contributed by atoms with Crippen LogP contribution in [0.1, 0.15) is 55.4 Å². The molecule has 0 spiro atoms. The lowest BCUT2D eigenvalue weighted by atomic mass is 10.1. The minimum atomic E-state index is -0.464. The molecular formula is C30H22N4O4S4. The molecule has 0 saturated carbocycles. The first-order chi connectivity index (χ1) is 20.3. The zero-order valence-electron chi connectivity index (χ0n) is 22.9. The van der Waals surface area contributed by atoms with Crippen molar-refractivity contribution in [2.75, 3.05) is 13.2 Å². The van der Waals surface area contributed by atoms with Gasteiger partial charge in [0.2, 0.25) is 0 Å². The average Bonchev–Trinajstić information content (AvgIpc) is 3.69. The maximum absolute atomic E-state index is 13.1. The van der Waals surface area contributed by atoms with Crippen LogP contribution in [-0.2, 0) is 9.47 Å². The van der Waals surface area contributed by atoms with Crippen molar-refractivity contribution in [3.8, 4) is 12.1 Å². The quantitative estimate of drug-likeness (QED) is 0.128. The third-order valence-electron chi connectivity index (χ3n) is 6.77. The van der Waals surface area contributed by atoms with Gasteiger partial charge in [-0.1, -0.05) is 0 Å². The molecule has 0 fully saturated rings. The number of carbonyl (C=O) groups is 2. The van der Waals surface area contributed by atoms with Crippen molar-refractivity contribution >= 4 is 89.0 Å². The SMILES string of the molecule is CCOC(=O)c1c2c(C#N)sc(SSc3sc(C#N)c4c(C(=O)OCC)c5cc(C)ccn5c34)c2n2ccc(C)cc12. The fourth-order valence-electron chi connectivity index (χ4n) is 5.11. The van der Waals surface area contributed by atoms with Gasteiger partial charge in [-0.3, -0.25) is 0 Å². The summed E-state index contributed by atoms with van der Waals surface area (Å²) < 4.78 is 16.3.